The summed E-state index contributed by atoms with van der Waals surface area (Å²) < 4.78 is 31.9. The van der Waals surface area contributed by atoms with Gasteiger partial charge in [0, 0.05) is 17.8 Å². The fraction of sp³-hybridized carbons (Fsp3) is 0.333. The van der Waals surface area contributed by atoms with Crippen LogP contribution in [0.1, 0.15) is 34.0 Å². The maximum absolute atomic E-state index is 13.0. The van der Waals surface area contributed by atoms with Crippen molar-refractivity contribution in [3.05, 3.63) is 34.9 Å². The van der Waals surface area contributed by atoms with Crippen molar-refractivity contribution in [2.75, 3.05) is 7.11 Å². The number of carboxylic acid groups (broad SMARTS) is 1. The van der Waals surface area contributed by atoms with Gasteiger partial charge in [0.25, 0.3) is 6.43 Å². The highest BCUT2D eigenvalue weighted by molar-refractivity contribution is 5.86. The zero-order valence-electron chi connectivity index (χ0n) is 11.2. The lowest BCUT2D eigenvalue weighted by molar-refractivity contribution is 0.0675. The molecule has 0 atom stereocenters. The van der Waals surface area contributed by atoms with Crippen LogP contribution in [0.4, 0.5) is 8.78 Å². The Kier molecular flexibility index (Phi) is 4.10. The van der Waals surface area contributed by atoms with Crippen molar-refractivity contribution in [2.45, 2.75) is 19.9 Å². The lowest BCUT2D eigenvalue weighted by atomic mass is 10.2. The first-order valence-corrected chi connectivity index (χ1v) is 5.88. The zero-order valence-corrected chi connectivity index (χ0v) is 11.2. The molecule has 0 aromatic carbocycles. The zero-order chi connectivity index (χ0) is 15.6. The Morgan fingerprint density at radius 3 is 2.76 bits per heavy atom. The minimum absolute atomic E-state index is 0.127. The van der Waals surface area contributed by atoms with Gasteiger partial charge in [0.15, 0.2) is 5.69 Å². The summed E-state index contributed by atoms with van der Waals surface area (Å²) in [5, 5.41) is 15.6. The summed E-state index contributed by atoms with van der Waals surface area (Å²) in [6.45, 7) is 1.60. The van der Waals surface area contributed by atoms with Crippen LogP contribution in [0, 0.1) is 6.92 Å². The lowest BCUT2D eigenvalue weighted by Gasteiger charge is -2.08. The van der Waals surface area contributed by atoms with E-state index in [1.807, 2.05) is 0 Å². The molecule has 21 heavy (non-hydrogen) atoms. The van der Waals surface area contributed by atoms with Gasteiger partial charge in [-0.2, -0.15) is 0 Å². The number of ether oxygens (including phenoxy) is 1. The number of hydrogen-bond donors (Lipinski definition) is 1. The van der Waals surface area contributed by atoms with Crippen molar-refractivity contribution in [3.63, 3.8) is 0 Å². The molecule has 0 spiro atoms. The van der Waals surface area contributed by atoms with Crippen LogP contribution in [0.3, 0.4) is 0 Å². The van der Waals surface area contributed by atoms with E-state index in [-0.39, 0.29) is 6.54 Å². The van der Waals surface area contributed by atoms with Gasteiger partial charge in [0.2, 0.25) is 0 Å². The quantitative estimate of drug-likeness (QED) is 0.903. The smallest absolute Gasteiger partial charge is 0.358 e. The van der Waals surface area contributed by atoms with Crippen molar-refractivity contribution >= 4 is 5.97 Å². The Morgan fingerprint density at radius 1 is 1.48 bits per heavy atom. The van der Waals surface area contributed by atoms with E-state index in [0.29, 0.717) is 17.1 Å². The van der Waals surface area contributed by atoms with Gasteiger partial charge in [0.1, 0.15) is 11.4 Å². The largest absolute Gasteiger partial charge is 0.497 e. The van der Waals surface area contributed by atoms with E-state index in [1.54, 1.807) is 19.1 Å². The summed E-state index contributed by atoms with van der Waals surface area (Å²) in [5.74, 6) is -1.03. The molecule has 0 amide bonds. The number of aromatic nitrogens is 4. The molecule has 7 nitrogen and oxygen atoms in total. The molecule has 2 aromatic heterocycles. The van der Waals surface area contributed by atoms with E-state index < -0.39 is 23.8 Å². The van der Waals surface area contributed by atoms with Crippen molar-refractivity contribution in [3.8, 4) is 5.75 Å². The minimum atomic E-state index is -3.00. The highest BCUT2D eigenvalue weighted by Gasteiger charge is 2.26. The maximum Gasteiger partial charge on any atom is 0.358 e. The fourth-order valence-corrected chi connectivity index (χ4v) is 1.86. The molecular weight excluding hydrogens is 286 g/mol. The first-order chi connectivity index (χ1) is 9.92. The normalized spacial score (nSPS) is 10.9. The Balaban J connectivity index is 2.40. The number of aromatic carboxylic acids is 1. The number of pyridine rings is 1. The second-order valence-corrected chi connectivity index (χ2v) is 4.23. The van der Waals surface area contributed by atoms with Crippen molar-refractivity contribution < 1.29 is 23.4 Å². The molecule has 0 aliphatic heterocycles. The summed E-state index contributed by atoms with van der Waals surface area (Å²) in [4.78, 5) is 15.0. The molecule has 0 fully saturated rings. The molecule has 112 valence electrons. The van der Waals surface area contributed by atoms with Crippen molar-refractivity contribution in [1.29, 1.82) is 0 Å². The number of methoxy groups -OCH3 is 1. The molecule has 0 saturated heterocycles. The van der Waals surface area contributed by atoms with E-state index in [4.69, 9.17) is 9.84 Å². The third-order valence-electron chi connectivity index (χ3n) is 2.71. The molecule has 2 rings (SSSR count). The molecule has 1 N–H and O–H groups in total. The second kappa shape index (κ2) is 5.81. The number of hydrogen-bond acceptors (Lipinski definition) is 5. The number of carboxylic acids is 1. The molecular formula is C12H12F2N4O3. The van der Waals surface area contributed by atoms with E-state index in [2.05, 4.69) is 15.3 Å². The Hall–Kier alpha value is -2.58. The van der Waals surface area contributed by atoms with Gasteiger partial charge in [-0.25, -0.2) is 18.3 Å². The van der Waals surface area contributed by atoms with Crippen LogP contribution in [0.15, 0.2) is 12.1 Å². The fourth-order valence-electron chi connectivity index (χ4n) is 1.86. The van der Waals surface area contributed by atoms with E-state index in [1.165, 1.54) is 7.11 Å². The molecule has 0 radical (unpaired) electrons. The molecule has 0 unspecified atom stereocenters. The van der Waals surface area contributed by atoms with Crippen LogP contribution in [0.2, 0.25) is 0 Å². The predicted molar refractivity (Wildman–Crippen MR) is 66.6 cm³/mol. The van der Waals surface area contributed by atoms with Crippen LogP contribution >= 0.6 is 0 Å². The Labute approximate surface area is 118 Å². The Bertz CT molecular complexity index is 673. The predicted octanol–water partition coefficient (Wildman–Crippen LogP) is 1.67. The lowest BCUT2D eigenvalue weighted by Crippen LogP contribution is -2.11. The molecule has 0 aliphatic rings. The summed E-state index contributed by atoms with van der Waals surface area (Å²) in [6, 6.07) is 3.24. The summed E-state index contributed by atoms with van der Waals surface area (Å²) in [6.07, 6.45) is -3.00. The van der Waals surface area contributed by atoms with E-state index >= 15 is 0 Å². The van der Waals surface area contributed by atoms with E-state index in [0.717, 1.165) is 4.68 Å². The topological polar surface area (TPSA) is 90.1 Å². The SMILES string of the molecule is COc1cc(C)nc(Cn2nnc(C(=O)O)c2C(F)F)c1. The maximum atomic E-state index is 13.0. The number of carbonyl (C=O) groups is 1. The summed E-state index contributed by atoms with van der Waals surface area (Å²) in [7, 11) is 1.47. The molecule has 0 saturated carbocycles. The highest BCUT2D eigenvalue weighted by atomic mass is 19.3. The van der Waals surface area contributed by atoms with Crippen LogP contribution in [-0.4, -0.2) is 38.2 Å². The first-order valence-electron chi connectivity index (χ1n) is 5.88. The van der Waals surface area contributed by atoms with Gasteiger partial charge in [-0.3, -0.25) is 4.98 Å². The molecule has 9 heteroatoms. The third kappa shape index (κ3) is 3.12. The monoisotopic (exact) mass is 298 g/mol. The highest BCUT2D eigenvalue weighted by Crippen LogP contribution is 2.22. The average Bonchev–Trinajstić information content (AvgIpc) is 2.81. The number of alkyl halides is 2. The van der Waals surface area contributed by atoms with Gasteiger partial charge in [-0.15, -0.1) is 5.10 Å². The van der Waals surface area contributed by atoms with Gasteiger partial charge >= 0.3 is 5.97 Å². The van der Waals surface area contributed by atoms with Crippen molar-refractivity contribution in [1.82, 2.24) is 20.0 Å². The average molecular weight is 298 g/mol. The van der Waals surface area contributed by atoms with Crippen molar-refractivity contribution in [2.24, 2.45) is 0 Å². The van der Waals surface area contributed by atoms with E-state index in [9.17, 15) is 13.6 Å². The number of nitrogens with zero attached hydrogens (tertiary/aromatic N) is 4. The molecule has 2 aromatic rings. The first kappa shape index (κ1) is 14.8. The van der Waals surface area contributed by atoms with Gasteiger partial charge in [0.05, 0.1) is 19.3 Å². The van der Waals surface area contributed by atoms with Crippen LogP contribution in [0.25, 0.3) is 0 Å². The second-order valence-electron chi connectivity index (χ2n) is 4.23. The number of halogens is 2. The van der Waals surface area contributed by atoms with Gasteiger partial charge < -0.3 is 9.84 Å². The van der Waals surface area contributed by atoms with Crippen LogP contribution in [-0.2, 0) is 6.54 Å². The molecule has 2 heterocycles. The third-order valence-corrected chi connectivity index (χ3v) is 2.71. The van der Waals surface area contributed by atoms with Crippen LogP contribution in [0.5, 0.6) is 5.75 Å². The van der Waals surface area contributed by atoms with Gasteiger partial charge in [-0.1, -0.05) is 5.21 Å². The number of rotatable bonds is 5. The van der Waals surface area contributed by atoms with Gasteiger partial charge in [-0.05, 0) is 6.92 Å². The number of aryl methyl sites for hydroxylation is 1. The molecule has 0 bridgehead atoms. The Morgan fingerprint density at radius 2 is 2.19 bits per heavy atom. The minimum Gasteiger partial charge on any atom is -0.497 e. The summed E-state index contributed by atoms with van der Waals surface area (Å²) in [5.41, 5.74) is -0.452. The molecule has 0 aliphatic carbocycles. The van der Waals surface area contributed by atoms with Crippen LogP contribution < -0.4 is 4.74 Å². The standard InChI is InChI=1S/C12H12F2N4O3/c1-6-3-8(21-2)4-7(15-6)5-18-10(11(13)14)9(12(19)20)16-17-18/h3-4,11H,5H2,1-2H3,(H,19,20). The summed E-state index contributed by atoms with van der Waals surface area (Å²) >= 11 is 0.